The molecule has 0 bridgehead atoms. The second kappa shape index (κ2) is 5.15. The molecule has 4 heteroatoms. The number of benzene rings is 1. The van der Waals surface area contributed by atoms with Gasteiger partial charge in [0.2, 0.25) is 0 Å². The lowest BCUT2D eigenvalue weighted by Gasteiger charge is -2.03. The summed E-state index contributed by atoms with van der Waals surface area (Å²) in [4.78, 5) is 0. The maximum atomic E-state index is 9.36. The van der Waals surface area contributed by atoms with E-state index in [1.165, 1.54) is 0 Å². The highest BCUT2D eigenvalue weighted by Crippen LogP contribution is 2.12. The SMILES string of the molecule is CC.OCc1cccc2c1B(O)OC2. The minimum absolute atomic E-state index is 0.0520. The van der Waals surface area contributed by atoms with Gasteiger partial charge < -0.3 is 14.8 Å². The van der Waals surface area contributed by atoms with Gasteiger partial charge in [-0.15, -0.1) is 0 Å². The first-order valence-corrected chi connectivity index (χ1v) is 4.84. The lowest BCUT2D eigenvalue weighted by Crippen LogP contribution is -2.31. The van der Waals surface area contributed by atoms with Gasteiger partial charge in [0.25, 0.3) is 0 Å². The van der Waals surface area contributed by atoms with Crippen LogP contribution < -0.4 is 5.46 Å². The van der Waals surface area contributed by atoms with Gasteiger partial charge in [-0.2, -0.15) is 0 Å². The molecule has 0 spiro atoms. The van der Waals surface area contributed by atoms with Crippen LogP contribution in [0.1, 0.15) is 25.0 Å². The van der Waals surface area contributed by atoms with Crippen LogP contribution in [-0.2, 0) is 17.9 Å². The fraction of sp³-hybridized carbons (Fsp3) is 0.400. The van der Waals surface area contributed by atoms with Crippen LogP contribution in [0.2, 0.25) is 0 Å². The molecule has 76 valence electrons. The van der Waals surface area contributed by atoms with Gasteiger partial charge in [-0.25, -0.2) is 0 Å². The van der Waals surface area contributed by atoms with E-state index in [2.05, 4.69) is 0 Å². The highest BCUT2D eigenvalue weighted by atomic mass is 16.5. The fourth-order valence-corrected chi connectivity index (χ4v) is 1.50. The minimum atomic E-state index is -0.858. The van der Waals surface area contributed by atoms with Crippen LogP contribution in [0, 0.1) is 0 Å². The average Bonchev–Trinajstić information content (AvgIpc) is 2.64. The van der Waals surface area contributed by atoms with Crippen molar-refractivity contribution in [1.29, 1.82) is 0 Å². The zero-order chi connectivity index (χ0) is 10.6. The minimum Gasteiger partial charge on any atom is -0.423 e. The predicted molar refractivity (Wildman–Crippen MR) is 56.1 cm³/mol. The number of hydrogen-bond acceptors (Lipinski definition) is 3. The Morgan fingerprint density at radius 1 is 1.43 bits per heavy atom. The van der Waals surface area contributed by atoms with Gasteiger partial charge in [0, 0.05) is 0 Å². The third kappa shape index (κ3) is 1.98. The Labute approximate surface area is 84.5 Å². The van der Waals surface area contributed by atoms with Crippen LogP contribution in [0.25, 0.3) is 0 Å². The summed E-state index contributed by atoms with van der Waals surface area (Å²) in [5, 5.41) is 18.3. The molecule has 2 N–H and O–H groups in total. The van der Waals surface area contributed by atoms with Crippen LogP contribution >= 0.6 is 0 Å². The molecular weight excluding hydrogens is 179 g/mol. The second-order valence-electron chi connectivity index (χ2n) is 2.81. The molecule has 0 atom stereocenters. The van der Waals surface area contributed by atoms with E-state index < -0.39 is 7.12 Å². The highest BCUT2D eigenvalue weighted by Gasteiger charge is 2.29. The van der Waals surface area contributed by atoms with Crippen molar-refractivity contribution < 1.29 is 14.8 Å². The molecular formula is C10H15BO3. The Balaban J connectivity index is 0.000000461. The van der Waals surface area contributed by atoms with Crippen molar-refractivity contribution in [3.63, 3.8) is 0 Å². The van der Waals surface area contributed by atoms with Gasteiger partial charge in [-0.05, 0) is 16.6 Å². The average molecular weight is 194 g/mol. The van der Waals surface area contributed by atoms with E-state index in [9.17, 15) is 5.02 Å². The molecule has 2 rings (SSSR count). The van der Waals surface area contributed by atoms with E-state index >= 15 is 0 Å². The van der Waals surface area contributed by atoms with Crippen LogP contribution in [0.15, 0.2) is 18.2 Å². The molecule has 1 heterocycles. The highest BCUT2D eigenvalue weighted by molar-refractivity contribution is 6.62. The third-order valence-corrected chi connectivity index (χ3v) is 2.10. The predicted octanol–water partition coefficient (Wildman–Crippen LogP) is 0.423. The molecule has 0 amide bonds. The molecule has 14 heavy (non-hydrogen) atoms. The number of aliphatic hydroxyl groups is 1. The lowest BCUT2D eigenvalue weighted by atomic mass is 9.76. The first-order chi connectivity index (χ1) is 6.83. The molecule has 0 saturated heterocycles. The van der Waals surface area contributed by atoms with Crippen LogP contribution in [0.4, 0.5) is 0 Å². The van der Waals surface area contributed by atoms with Gasteiger partial charge in [0.05, 0.1) is 13.2 Å². The molecule has 0 radical (unpaired) electrons. The largest absolute Gasteiger partial charge is 0.492 e. The van der Waals surface area contributed by atoms with Crippen LogP contribution in [0.5, 0.6) is 0 Å². The summed E-state index contributed by atoms with van der Waals surface area (Å²) >= 11 is 0. The molecule has 0 fully saturated rings. The second-order valence-corrected chi connectivity index (χ2v) is 2.81. The van der Waals surface area contributed by atoms with Crippen molar-refractivity contribution >= 4 is 12.6 Å². The molecule has 0 unspecified atom stereocenters. The van der Waals surface area contributed by atoms with Crippen molar-refractivity contribution in [1.82, 2.24) is 0 Å². The van der Waals surface area contributed by atoms with Crippen molar-refractivity contribution in [3.8, 4) is 0 Å². The standard InChI is InChI=1S/C8H9BO3.C2H6/c10-4-6-2-1-3-7-5-12-9(11)8(6)7;1-2/h1-3,10-11H,4-5H2;1-2H3. The zero-order valence-electron chi connectivity index (χ0n) is 8.53. The topological polar surface area (TPSA) is 49.7 Å². The van der Waals surface area contributed by atoms with E-state index in [-0.39, 0.29) is 6.61 Å². The summed E-state index contributed by atoms with van der Waals surface area (Å²) in [6.07, 6.45) is 0. The van der Waals surface area contributed by atoms with E-state index in [1.54, 1.807) is 6.07 Å². The van der Waals surface area contributed by atoms with Crippen molar-refractivity contribution in [3.05, 3.63) is 29.3 Å². The molecule has 1 aromatic carbocycles. The Morgan fingerprint density at radius 3 is 2.79 bits per heavy atom. The number of hydrogen-bond donors (Lipinski definition) is 2. The monoisotopic (exact) mass is 194 g/mol. The summed E-state index contributed by atoms with van der Waals surface area (Å²) in [5.41, 5.74) is 2.45. The first-order valence-electron chi connectivity index (χ1n) is 4.84. The summed E-state index contributed by atoms with van der Waals surface area (Å²) in [7, 11) is -0.858. The van der Waals surface area contributed by atoms with Crippen LogP contribution in [-0.4, -0.2) is 17.2 Å². The number of rotatable bonds is 1. The van der Waals surface area contributed by atoms with E-state index in [4.69, 9.17) is 9.76 Å². The zero-order valence-corrected chi connectivity index (χ0v) is 8.53. The summed E-state index contributed by atoms with van der Waals surface area (Å²) < 4.78 is 5.01. The maximum Gasteiger partial charge on any atom is 0.492 e. The molecule has 1 aromatic rings. The fourth-order valence-electron chi connectivity index (χ4n) is 1.50. The molecule has 0 saturated carbocycles. The Hall–Kier alpha value is -0.835. The Bertz CT molecular complexity index is 301. The quantitative estimate of drug-likeness (QED) is 0.637. The molecule has 1 aliphatic heterocycles. The molecule has 1 aliphatic rings. The Morgan fingerprint density at radius 2 is 2.14 bits per heavy atom. The van der Waals surface area contributed by atoms with Gasteiger partial charge in [-0.1, -0.05) is 32.0 Å². The maximum absolute atomic E-state index is 9.36. The number of aliphatic hydroxyl groups excluding tert-OH is 1. The lowest BCUT2D eigenvalue weighted by molar-refractivity contribution is 0.273. The first kappa shape index (κ1) is 11.2. The third-order valence-electron chi connectivity index (χ3n) is 2.10. The van der Waals surface area contributed by atoms with Gasteiger partial charge in [0.15, 0.2) is 0 Å². The summed E-state index contributed by atoms with van der Waals surface area (Å²) in [5.74, 6) is 0. The van der Waals surface area contributed by atoms with Gasteiger partial charge in [0.1, 0.15) is 0 Å². The van der Waals surface area contributed by atoms with E-state index in [1.807, 2.05) is 26.0 Å². The molecule has 0 aliphatic carbocycles. The van der Waals surface area contributed by atoms with Gasteiger partial charge >= 0.3 is 7.12 Å². The van der Waals surface area contributed by atoms with E-state index in [0.29, 0.717) is 6.61 Å². The van der Waals surface area contributed by atoms with E-state index in [0.717, 1.165) is 16.6 Å². The smallest absolute Gasteiger partial charge is 0.423 e. The summed E-state index contributed by atoms with van der Waals surface area (Å²) in [6.45, 7) is 4.38. The molecule has 0 aromatic heterocycles. The van der Waals surface area contributed by atoms with Crippen molar-refractivity contribution in [2.24, 2.45) is 0 Å². The van der Waals surface area contributed by atoms with Crippen molar-refractivity contribution in [2.45, 2.75) is 27.1 Å². The summed E-state index contributed by atoms with van der Waals surface area (Å²) in [6, 6.07) is 5.53. The molecule has 3 nitrogen and oxygen atoms in total. The van der Waals surface area contributed by atoms with Crippen LogP contribution in [0.3, 0.4) is 0 Å². The Kier molecular flexibility index (Phi) is 4.13. The van der Waals surface area contributed by atoms with Crippen molar-refractivity contribution in [2.75, 3.05) is 0 Å². The normalized spacial score (nSPS) is 13.3. The number of fused-ring (bicyclic) bond motifs is 1. The van der Waals surface area contributed by atoms with Gasteiger partial charge in [-0.3, -0.25) is 0 Å².